The summed E-state index contributed by atoms with van der Waals surface area (Å²) in [5.41, 5.74) is 0. The molecule has 0 aromatic rings. The third-order valence-electron chi connectivity index (χ3n) is 0.638. The molecular weight excluding hydrogens is 112 g/mol. The van der Waals surface area contributed by atoms with Crippen molar-refractivity contribution in [2.24, 2.45) is 0 Å². The van der Waals surface area contributed by atoms with E-state index in [1.165, 1.54) is 5.75 Å². The third kappa shape index (κ3) is 0.949. The van der Waals surface area contributed by atoms with Gasteiger partial charge in [-0.05, 0) is 6.08 Å². The predicted octanol–water partition coefficient (Wildman–Crippen LogP) is 1.41. The first kappa shape index (κ1) is 4.60. The van der Waals surface area contributed by atoms with Crippen LogP contribution in [0.3, 0.4) is 0 Å². The molecule has 0 radical (unpaired) electrons. The van der Waals surface area contributed by atoms with Gasteiger partial charge in [0.05, 0.1) is 15.7 Å². The molecule has 0 N–H and O–H groups in total. The molecule has 1 unspecified atom stereocenters. The van der Waals surface area contributed by atoms with Crippen molar-refractivity contribution in [1.82, 2.24) is 0 Å². The van der Waals surface area contributed by atoms with Crippen molar-refractivity contribution in [2.45, 2.75) is 0 Å². The summed E-state index contributed by atoms with van der Waals surface area (Å²) in [6.07, 6.45) is 4.47. The average molecular weight is 119 g/mol. The smallest absolute Gasteiger partial charge is 0.0212 e. The largest absolute Gasteiger partial charge is 0.129 e. The topological polar surface area (TPSA) is 0 Å². The van der Waals surface area contributed by atoms with Crippen molar-refractivity contribution in [1.29, 1.82) is 0 Å². The van der Waals surface area contributed by atoms with E-state index < -0.39 is 0 Å². The van der Waals surface area contributed by atoms with Gasteiger partial charge in [-0.3, -0.25) is 0 Å². The number of hydrogen-bond acceptors (Lipinski definition) is 1. The van der Waals surface area contributed by atoms with Gasteiger partial charge in [0.2, 0.25) is 0 Å². The van der Waals surface area contributed by atoms with Crippen molar-refractivity contribution >= 4 is 20.7 Å². The Bertz CT molecular complexity index is 67.9. The van der Waals surface area contributed by atoms with Crippen LogP contribution in [-0.2, 0) is 9.93 Å². The molecule has 0 aromatic carbocycles. The van der Waals surface area contributed by atoms with E-state index in [1.807, 2.05) is 10.8 Å². The molecule has 1 aliphatic heterocycles. The minimum atomic E-state index is 0.563. The highest BCUT2D eigenvalue weighted by Gasteiger charge is 2.12. The summed E-state index contributed by atoms with van der Waals surface area (Å²) in [7, 11) is 2.58. The fourth-order valence-electron chi connectivity index (χ4n) is 0.361. The maximum atomic E-state index is 2.27. The summed E-state index contributed by atoms with van der Waals surface area (Å²) in [5, 5.41) is 2.27. The predicted molar refractivity (Wildman–Crippen MR) is 34.9 cm³/mol. The minimum absolute atomic E-state index is 0.563. The highest BCUT2D eigenvalue weighted by molar-refractivity contribution is 8.75. The van der Waals surface area contributed by atoms with Crippen LogP contribution in [0.1, 0.15) is 0 Å². The van der Waals surface area contributed by atoms with Crippen LogP contribution < -0.4 is 0 Å². The van der Waals surface area contributed by atoms with Gasteiger partial charge in [-0.25, -0.2) is 0 Å². The van der Waals surface area contributed by atoms with Gasteiger partial charge in [0, 0.05) is 0 Å². The van der Waals surface area contributed by atoms with E-state index >= 15 is 0 Å². The van der Waals surface area contributed by atoms with E-state index in [9.17, 15) is 0 Å². The lowest BCUT2D eigenvalue weighted by atomic mass is 10.8. The zero-order valence-electron chi connectivity index (χ0n) is 3.68. The van der Waals surface area contributed by atoms with E-state index in [2.05, 4.69) is 17.7 Å². The highest BCUT2D eigenvalue weighted by Crippen LogP contribution is 2.20. The maximum Gasteiger partial charge on any atom is 0.129 e. The van der Waals surface area contributed by atoms with Gasteiger partial charge in [0.25, 0.3) is 0 Å². The second kappa shape index (κ2) is 1.94. The summed E-state index contributed by atoms with van der Waals surface area (Å²) in [4.78, 5) is 0. The lowest BCUT2D eigenvalue weighted by Gasteiger charge is -1.75. The van der Waals surface area contributed by atoms with Crippen LogP contribution in [0, 0.1) is 0 Å². The van der Waals surface area contributed by atoms with Gasteiger partial charge >= 0.3 is 0 Å². The fraction of sp³-hybridized carbons (Fsp3) is 0.500. The molecule has 34 valence electrons. The van der Waals surface area contributed by atoms with Crippen molar-refractivity contribution in [3.63, 3.8) is 0 Å². The quantitative estimate of drug-likeness (QED) is 0.343. The van der Waals surface area contributed by atoms with Gasteiger partial charge in [-0.2, -0.15) is 0 Å². The molecule has 1 rings (SSSR count). The standard InChI is InChI=1S/C4H7S2/c1-6-4-2-3-5-6/h2,4H,3H2,1H3/q+1. The van der Waals surface area contributed by atoms with Crippen LogP contribution in [0.25, 0.3) is 0 Å². The molecule has 0 saturated carbocycles. The molecule has 1 heterocycles. The first-order valence-corrected chi connectivity index (χ1v) is 5.04. The molecule has 0 saturated heterocycles. The van der Waals surface area contributed by atoms with Crippen LogP contribution in [-0.4, -0.2) is 12.0 Å². The summed E-state index contributed by atoms with van der Waals surface area (Å²) >= 11 is 0. The first-order valence-electron chi connectivity index (χ1n) is 1.84. The number of rotatable bonds is 0. The average Bonchev–Trinajstić information content (AvgIpc) is 1.86. The van der Waals surface area contributed by atoms with Crippen LogP contribution >= 0.6 is 10.8 Å². The number of hydrogen-bond donors (Lipinski definition) is 0. The third-order valence-corrected chi connectivity index (χ3v) is 3.77. The second-order valence-electron chi connectivity index (χ2n) is 1.15. The Balaban J connectivity index is 2.38. The Kier molecular flexibility index (Phi) is 1.48. The van der Waals surface area contributed by atoms with E-state index in [-0.39, 0.29) is 0 Å². The van der Waals surface area contributed by atoms with E-state index in [0.717, 1.165) is 0 Å². The normalized spacial score (nSPS) is 31.8. The molecule has 0 nitrogen and oxygen atoms in total. The van der Waals surface area contributed by atoms with Gasteiger partial charge in [-0.1, -0.05) is 0 Å². The Morgan fingerprint density at radius 2 is 2.67 bits per heavy atom. The summed E-state index contributed by atoms with van der Waals surface area (Å²) < 4.78 is 0. The summed E-state index contributed by atoms with van der Waals surface area (Å²) in [6.45, 7) is 0. The van der Waals surface area contributed by atoms with Crippen molar-refractivity contribution in [3.8, 4) is 0 Å². The molecule has 0 amide bonds. The minimum Gasteiger partial charge on any atom is -0.0212 e. The highest BCUT2D eigenvalue weighted by atomic mass is 33.1. The Morgan fingerprint density at radius 3 is 2.83 bits per heavy atom. The first-order chi connectivity index (χ1) is 2.89. The van der Waals surface area contributed by atoms with Crippen molar-refractivity contribution in [2.75, 3.05) is 12.0 Å². The van der Waals surface area contributed by atoms with Crippen LogP contribution in [0.5, 0.6) is 0 Å². The molecule has 6 heavy (non-hydrogen) atoms. The SMILES string of the molecule is C[S+]1C=CCS1. The van der Waals surface area contributed by atoms with Crippen LogP contribution in [0.15, 0.2) is 11.5 Å². The van der Waals surface area contributed by atoms with Gasteiger partial charge in [0.1, 0.15) is 22.5 Å². The van der Waals surface area contributed by atoms with E-state index in [1.54, 1.807) is 0 Å². The molecule has 1 atom stereocenters. The van der Waals surface area contributed by atoms with E-state index in [4.69, 9.17) is 0 Å². The maximum absolute atomic E-state index is 2.27. The molecular formula is C4H7S2+. The van der Waals surface area contributed by atoms with Crippen LogP contribution in [0.2, 0.25) is 0 Å². The van der Waals surface area contributed by atoms with Gasteiger partial charge < -0.3 is 0 Å². The lowest BCUT2D eigenvalue weighted by Crippen LogP contribution is -1.75. The lowest BCUT2D eigenvalue weighted by molar-refractivity contribution is 1.84. The molecule has 0 aliphatic carbocycles. The van der Waals surface area contributed by atoms with Gasteiger partial charge in [0.15, 0.2) is 0 Å². The Labute approximate surface area is 44.8 Å². The summed E-state index contributed by atoms with van der Waals surface area (Å²) in [5.74, 6) is 1.24. The summed E-state index contributed by atoms with van der Waals surface area (Å²) in [6, 6.07) is 0. The molecule has 0 fully saturated rings. The van der Waals surface area contributed by atoms with Crippen molar-refractivity contribution < 1.29 is 0 Å². The second-order valence-corrected chi connectivity index (χ2v) is 5.28. The van der Waals surface area contributed by atoms with E-state index in [0.29, 0.717) is 9.93 Å². The van der Waals surface area contributed by atoms with Gasteiger partial charge in [-0.15, -0.1) is 0 Å². The Hall–Kier alpha value is 0.440. The fourth-order valence-corrected chi connectivity index (χ4v) is 2.67. The molecule has 0 spiro atoms. The molecule has 0 aromatic heterocycles. The molecule has 2 heteroatoms. The monoisotopic (exact) mass is 119 g/mol. The zero-order chi connectivity index (χ0) is 4.41. The van der Waals surface area contributed by atoms with Crippen molar-refractivity contribution in [3.05, 3.63) is 11.5 Å². The van der Waals surface area contributed by atoms with Crippen LogP contribution in [0.4, 0.5) is 0 Å². The molecule has 0 bridgehead atoms. The molecule has 1 aliphatic rings. The zero-order valence-corrected chi connectivity index (χ0v) is 5.31. The Morgan fingerprint density at radius 1 is 1.83 bits per heavy atom.